The Kier molecular flexibility index (Phi) is 3.44. The minimum absolute atomic E-state index is 0.195. The number of hydrogen-bond acceptors (Lipinski definition) is 3. The molecule has 0 aromatic heterocycles. The lowest BCUT2D eigenvalue weighted by molar-refractivity contribution is -0.114. The van der Waals surface area contributed by atoms with Crippen LogP contribution in [0.2, 0.25) is 0 Å². The van der Waals surface area contributed by atoms with Gasteiger partial charge in [-0.15, -0.1) is 0 Å². The second kappa shape index (κ2) is 4.59. The predicted octanol–water partition coefficient (Wildman–Crippen LogP) is 1.77. The van der Waals surface area contributed by atoms with E-state index in [1.165, 1.54) is 14.0 Å². The van der Waals surface area contributed by atoms with E-state index in [4.69, 9.17) is 4.74 Å². The highest BCUT2D eigenvalue weighted by Gasteiger charge is 2.12. The molecule has 0 aliphatic heterocycles. The fourth-order valence-corrected chi connectivity index (χ4v) is 1.34. The number of aryl methyl sites for hydroxylation is 1. The number of amides is 1. The van der Waals surface area contributed by atoms with Gasteiger partial charge in [0.15, 0.2) is 12.0 Å². The lowest BCUT2D eigenvalue weighted by Crippen LogP contribution is -2.09. The summed E-state index contributed by atoms with van der Waals surface area (Å²) in [5, 5.41) is 2.64. The van der Waals surface area contributed by atoms with Crippen molar-refractivity contribution in [2.24, 2.45) is 0 Å². The number of anilines is 1. The molecule has 0 saturated carbocycles. The van der Waals surface area contributed by atoms with E-state index >= 15 is 0 Å². The molecule has 0 radical (unpaired) electrons. The third-order valence-electron chi connectivity index (χ3n) is 2.03. The lowest BCUT2D eigenvalue weighted by Gasteiger charge is -2.13. The molecule has 0 saturated heterocycles. The Morgan fingerprint density at radius 1 is 1.47 bits per heavy atom. The van der Waals surface area contributed by atoms with Crippen LogP contribution in [0.5, 0.6) is 5.75 Å². The first kappa shape index (κ1) is 11.2. The van der Waals surface area contributed by atoms with Gasteiger partial charge in [-0.05, 0) is 18.6 Å². The molecule has 0 fully saturated rings. The molecule has 0 aliphatic carbocycles. The molecule has 1 amide bonds. The first-order valence-corrected chi connectivity index (χ1v) is 4.50. The largest absolute Gasteiger partial charge is 0.494 e. The van der Waals surface area contributed by atoms with Crippen molar-refractivity contribution in [1.29, 1.82) is 0 Å². The molecule has 15 heavy (non-hydrogen) atoms. The highest BCUT2D eigenvalue weighted by atomic mass is 16.5. The predicted molar refractivity (Wildman–Crippen MR) is 57.4 cm³/mol. The molecule has 1 N–H and O–H groups in total. The summed E-state index contributed by atoms with van der Waals surface area (Å²) in [6, 6.07) is 3.42. The maximum atomic E-state index is 11.0. The molecule has 4 nitrogen and oxygen atoms in total. The number of carbonyl (C=O) groups excluding carboxylic acids is 2. The Bertz CT molecular complexity index is 399. The second-order valence-corrected chi connectivity index (χ2v) is 3.18. The average Bonchev–Trinajstić information content (AvgIpc) is 2.20. The molecule has 0 spiro atoms. The number of ether oxygens (including phenoxy) is 1. The van der Waals surface area contributed by atoms with E-state index in [-0.39, 0.29) is 5.91 Å². The van der Waals surface area contributed by atoms with E-state index in [1.807, 2.05) is 6.92 Å². The third-order valence-corrected chi connectivity index (χ3v) is 2.03. The summed E-state index contributed by atoms with van der Waals surface area (Å²) in [4.78, 5) is 21.7. The Morgan fingerprint density at radius 3 is 2.60 bits per heavy atom. The monoisotopic (exact) mass is 207 g/mol. The summed E-state index contributed by atoms with van der Waals surface area (Å²) in [6.07, 6.45) is 0.698. The third kappa shape index (κ3) is 2.34. The Balaban J connectivity index is 3.31. The topological polar surface area (TPSA) is 55.4 Å². The molecule has 1 rings (SSSR count). The van der Waals surface area contributed by atoms with Crippen LogP contribution < -0.4 is 10.1 Å². The molecule has 1 aromatic rings. The van der Waals surface area contributed by atoms with Gasteiger partial charge in [0.1, 0.15) is 0 Å². The van der Waals surface area contributed by atoms with Crippen LogP contribution in [0.15, 0.2) is 12.1 Å². The highest BCUT2D eigenvalue weighted by Crippen LogP contribution is 2.31. The molecule has 4 heteroatoms. The number of hydrogen-bond donors (Lipinski definition) is 1. The minimum Gasteiger partial charge on any atom is -0.494 e. The number of nitrogens with one attached hydrogen (secondary N) is 1. The van der Waals surface area contributed by atoms with E-state index in [1.54, 1.807) is 12.1 Å². The standard InChI is InChI=1S/C11H13NO3/c1-7-4-5-9(6-13)11(15-3)10(7)12-8(2)14/h4-6H,1-3H3,(H,12,14). The maximum Gasteiger partial charge on any atom is 0.221 e. The zero-order valence-corrected chi connectivity index (χ0v) is 8.96. The van der Waals surface area contributed by atoms with Crippen molar-refractivity contribution in [1.82, 2.24) is 0 Å². The molecule has 0 aliphatic rings. The SMILES string of the molecule is COc1c(C=O)ccc(C)c1NC(C)=O. The van der Waals surface area contributed by atoms with Gasteiger partial charge in [-0.3, -0.25) is 9.59 Å². The van der Waals surface area contributed by atoms with Crippen molar-refractivity contribution < 1.29 is 14.3 Å². The summed E-state index contributed by atoms with van der Waals surface area (Å²) >= 11 is 0. The number of methoxy groups -OCH3 is 1. The fraction of sp³-hybridized carbons (Fsp3) is 0.273. The average molecular weight is 207 g/mol. The van der Waals surface area contributed by atoms with E-state index in [0.29, 0.717) is 23.3 Å². The van der Waals surface area contributed by atoms with Gasteiger partial charge < -0.3 is 10.1 Å². The van der Waals surface area contributed by atoms with Gasteiger partial charge in [-0.1, -0.05) is 6.07 Å². The Hall–Kier alpha value is -1.84. The molecular formula is C11H13NO3. The van der Waals surface area contributed by atoms with Crippen molar-refractivity contribution in [3.8, 4) is 5.75 Å². The quantitative estimate of drug-likeness (QED) is 0.768. The lowest BCUT2D eigenvalue weighted by atomic mass is 10.1. The summed E-state index contributed by atoms with van der Waals surface area (Å²) < 4.78 is 5.10. The molecule has 0 bridgehead atoms. The number of rotatable bonds is 3. The van der Waals surface area contributed by atoms with Crippen molar-refractivity contribution in [2.75, 3.05) is 12.4 Å². The molecule has 80 valence electrons. The van der Waals surface area contributed by atoms with Crippen LogP contribution in [-0.4, -0.2) is 19.3 Å². The first-order chi connectivity index (χ1) is 7.10. The highest BCUT2D eigenvalue weighted by molar-refractivity contribution is 5.94. The summed E-state index contributed by atoms with van der Waals surface area (Å²) in [6.45, 7) is 3.24. The van der Waals surface area contributed by atoms with Crippen LogP contribution in [0.1, 0.15) is 22.8 Å². The van der Waals surface area contributed by atoms with Crippen molar-refractivity contribution in [2.45, 2.75) is 13.8 Å². The number of benzene rings is 1. The zero-order chi connectivity index (χ0) is 11.4. The summed E-state index contributed by atoms with van der Waals surface area (Å²) in [5.41, 5.74) is 1.83. The van der Waals surface area contributed by atoms with Crippen LogP contribution in [0, 0.1) is 6.92 Å². The number of aldehydes is 1. The summed E-state index contributed by atoms with van der Waals surface area (Å²) in [7, 11) is 1.47. The van der Waals surface area contributed by atoms with Crippen LogP contribution in [0.25, 0.3) is 0 Å². The van der Waals surface area contributed by atoms with Crippen LogP contribution in [0.3, 0.4) is 0 Å². The normalized spacial score (nSPS) is 9.53. The fourth-order valence-electron chi connectivity index (χ4n) is 1.34. The van der Waals surface area contributed by atoms with Crippen molar-refractivity contribution in [3.63, 3.8) is 0 Å². The second-order valence-electron chi connectivity index (χ2n) is 3.18. The van der Waals surface area contributed by atoms with Gasteiger partial charge in [0.2, 0.25) is 5.91 Å². The zero-order valence-electron chi connectivity index (χ0n) is 8.96. The van der Waals surface area contributed by atoms with Gasteiger partial charge in [0.05, 0.1) is 18.4 Å². The van der Waals surface area contributed by atoms with Gasteiger partial charge in [-0.25, -0.2) is 0 Å². The van der Waals surface area contributed by atoms with E-state index in [2.05, 4.69) is 5.32 Å². The van der Waals surface area contributed by atoms with Gasteiger partial charge in [0, 0.05) is 6.92 Å². The minimum atomic E-state index is -0.195. The maximum absolute atomic E-state index is 11.0. The smallest absolute Gasteiger partial charge is 0.221 e. The van der Waals surface area contributed by atoms with E-state index < -0.39 is 0 Å². The van der Waals surface area contributed by atoms with Crippen molar-refractivity contribution in [3.05, 3.63) is 23.3 Å². The molecule has 0 atom stereocenters. The Labute approximate surface area is 88.2 Å². The van der Waals surface area contributed by atoms with Gasteiger partial charge in [0.25, 0.3) is 0 Å². The van der Waals surface area contributed by atoms with Crippen LogP contribution >= 0.6 is 0 Å². The molecule has 0 heterocycles. The van der Waals surface area contributed by atoms with E-state index in [0.717, 1.165) is 5.56 Å². The van der Waals surface area contributed by atoms with Crippen molar-refractivity contribution >= 4 is 17.9 Å². The first-order valence-electron chi connectivity index (χ1n) is 4.50. The molecule has 1 aromatic carbocycles. The van der Waals surface area contributed by atoms with Crippen LogP contribution in [-0.2, 0) is 4.79 Å². The van der Waals surface area contributed by atoms with Gasteiger partial charge >= 0.3 is 0 Å². The van der Waals surface area contributed by atoms with E-state index in [9.17, 15) is 9.59 Å². The van der Waals surface area contributed by atoms with Crippen LogP contribution in [0.4, 0.5) is 5.69 Å². The van der Waals surface area contributed by atoms with Gasteiger partial charge in [-0.2, -0.15) is 0 Å². The Morgan fingerprint density at radius 2 is 2.13 bits per heavy atom. The molecule has 0 unspecified atom stereocenters. The summed E-state index contributed by atoms with van der Waals surface area (Å²) in [5.74, 6) is 0.208. The molecular weight excluding hydrogens is 194 g/mol. The number of carbonyl (C=O) groups is 2.